The first-order valence-corrected chi connectivity index (χ1v) is 7.79. The maximum atomic E-state index is 12.4. The van der Waals surface area contributed by atoms with Gasteiger partial charge in [-0.25, -0.2) is 9.59 Å². The summed E-state index contributed by atoms with van der Waals surface area (Å²) in [6, 6.07) is 5.10. The third-order valence-corrected chi connectivity index (χ3v) is 4.02. The summed E-state index contributed by atoms with van der Waals surface area (Å²) < 4.78 is 20.5. The lowest BCUT2D eigenvalue weighted by Crippen LogP contribution is -2.16. The zero-order valence-electron chi connectivity index (χ0n) is 15.6. The van der Waals surface area contributed by atoms with E-state index >= 15 is 0 Å². The van der Waals surface area contributed by atoms with Crippen molar-refractivity contribution in [3.63, 3.8) is 0 Å². The fourth-order valence-electron chi connectivity index (χ4n) is 2.83. The first-order chi connectivity index (χ1) is 12.4. The molecule has 1 aromatic heterocycles. The van der Waals surface area contributed by atoms with E-state index in [9.17, 15) is 9.59 Å². The van der Waals surface area contributed by atoms with Gasteiger partial charge in [0.25, 0.3) is 0 Å². The van der Waals surface area contributed by atoms with Crippen LogP contribution in [-0.2, 0) is 9.47 Å². The SMILES string of the molecule is COC(=O)c1c(C)nc(C)c(C(=O)OC)c1-c1ccc(OC)cc1OC. The maximum Gasteiger partial charge on any atom is 0.340 e. The predicted molar refractivity (Wildman–Crippen MR) is 94.9 cm³/mol. The molecule has 26 heavy (non-hydrogen) atoms. The molecular weight excluding hydrogens is 338 g/mol. The Labute approximate surface area is 151 Å². The summed E-state index contributed by atoms with van der Waals surface area (Å²) in [5, 5.41) is 0. The molecule has 7 heteroatoms. The van der Waals surface area contributed by atoms with E-state index in [0.29, 0.717) is 34.0 Å². The molecule has 0 bridgehead atoms. The van der Waals surface area contributed by atoms with Gasteiger partial charge in [0.1, 0.15) is 11.5 Å². The fourth-order valence-corrected chi connectivity index (χ4v) is 2.83. The minimum atomic E-state index is -0.604. The number of rotatable bonds is 5. The molecule has 0 spiro atoms. The highest BCUT2D eigenvalue weighted by Crippen LogP contribution is 2.39. The monoisotopic (exact) mass is 359 g/mol. The summed E-state index contributed by atoms with van der Waals surface area (Å²) in [7, 11) is 5.58. The van der Waals surface area contributed by atoms with Crippen molar-refractivity contribution in [1.82, 2.24) is 4.98 Å². The molecule has 2 aromatic rings. The second-order valence-electron chi connectivity index (χ2n) is 5.46. The number of benzene rings is 1. The first kappa shape index (κ1) is 19.2. The number of esters is 2. The average molecular weight is 359 g/mol. The highest BCUT2D eigenvalue weighted by Gasteiger charge is 2.29. The molecule has 0 saturated heterocycles. The number of hydrogen-bond donors (Lipinski definition) is 0. The van der Waals surface area contributed by atoms with E-state index < -0.39 is 11.9 Å². The summed E-state index contributed by atoms with van der Waals surface area (Å²) in [5.74, 6) is -0.196. The average Bonchev–Trinajstić information content (AvgIpc) is 2.65. The van der Waals surface area contributed by atoms with Gasteiger partial charge in [0.2, 0.25) is 0 Å². The van der Waals surface area contributed by atoms with Gasteiger partial charge in [-0.3, -0.25) is 4.98 Å². The molecule has 0 aliphatic carbocycles. The molecule has 0 fully saturated rings. The van der Waals surface area contributed by atoms with Gasteiger partial charge in [0, 0.05) is 17.2 Å². The first-order valence-electron chi connectivity index (χ1n) is 7.79. The van der Waals surface area contributed by atoms with E-state index in [1.165, 1.54) is 28.4 Å². The van der Waals surface area contributed by atoms with Gasteiger partial charge < -0.3 is 18.9 Å². The quantitative estimate of drug-likeness (QED) is 0.759. The number of aromatic nitrogens is 1. The highest BCUT2D eigenvalue weighted by atomic mass is 16.5. The zero-order chi connectivity index (χ0) is 19.4. The minimum Gasteiger partial charge on any atom is -0.497 e. The van der Waals surface area contributed by atoms with Crippen molar-refractivity contribution in [3.8, 4) is 22.6 Å². The van der Waals surface area contributed by atoms with Crippen LogP contribution >= 0.6 is 0 Å². The number of hydrogen-bond acceptors (Lipinski definition) is 7. The Morgan fingerprint density at radius 2 is 1.38 bits per heavy atom. The van der Waals surface area contributed by atoms with Crippen LogP contribution in [0.2, 0.25) is 0 Å². The number of ether oxygens (including phenoxy) is 4. The Bertz CT molecular complexity index is 819. The molecule has 0 aliphatic rings. The number of carbonyl (C=O) groups is 2. The summed E-state index contributed by atoms with van der Waals surface area (Å²) in [4.78, 5) is 29.2. The molecule has 7 nitrogen and oxygen atoms in total. The number of pyridine rings is 1. The van der Waals surface area contributed by atoms with Crippen molar-refractivity contribution in [3.05, 3.63) is 40.7 Å². The number of aryl methyl sites for hydroxylation is 2. The molecular formula is C19H21NO6. The molecule has 0 atom stereocenters. The van der Waals surface area contributed by atoms with Crippen LogP contribution in [0.4, 0.5) is 0 Å². The third-order valence-electron chi connectivity index (χ3n) is 4.02. The molecule has 1 aromatic carbocycles. The smallest absolute Gasteiger partial charge is 0.340 e. The summed E-state index contributed by atoms with van der Waals surface area (Å²) in [6.07, 6.45) is 0. The Morgan fingerprint density at radius 1 is 0.846 bits per heavy atom. The molecule has 0 radical (unpaired) electrons. The molecule has 0 N–H and O–H groups in total. The van der Waals surface area contributed by atoms with Gasteiger partial charge in [-0.2, -0.15) is 0 Å². The molecule has 138 valence electrons. The highest BCUT2D eigenvalue weighted by molar-refractivity contribution is 6.07. The Balaban J connectivity index is 2.97. The van der Waals surface area contributed by atoms with Gasteiger partial charge in [-0.05, 0) is 26.0 Å². The Kier molecular flexibility index (Phi) is 5.82. The van der Waals surface area contributed by atoms with Crippen molar-refractivity contribution in [1.29, 1.82) is 0 Å². The fraction of sp³-hybridized carbons (Fsp3) is 0.316. The van der Waals surface area contributed by atoms with E-state index in [2.05, 4.69) is 4.98 Å². The van der Waals surface area contributed by atoms with E-state index in [1.54, 1.807) is 32.0 Å². The molecule has 2 rings (SSSR count). The maximum absolute atomic E-state index is 12.4. The molecule has 0 amide bonds. The standard InChI is InChI=1S/C19H21NO6/c1-10-15(18(21)25-5)17(16(11(2)20-10)19(22)26-6)13-8-7-12(23-3)9-14(13)24-4/h7-9H,1-6H3. The van der Waals surface area contributed by atoms with Crippen molar-refractivity contribution < 1.29 is 28.5 Å². The second-order valence-corrected chi connectivity index (χ2v) is 5.46. The predicted octanol–water partition coefficient (Wildman–Crippen LogP) is 2.96. The Hall–Kier alpha value is -3.09. The van der Waals surface area contributed by atoms with Gasteiger partial charge in [0.15, 0.2) is 0 Å². The lowest BCUT2D eigenvalue weighted by Gasteiger charge is -2.19. The summed E-state index contributed by atoms with van der Waals surface area (Å²) >= 11 is 0. The van der Waals surface area contributed by atoms with Crippen LogP contribution in [0.5, 0.6) is 11.5 Å². The van der Waals surface area contributed by atoms with Crippen molar-refractivity contribution in [2.24, 2.45) is 0 Å². The van der Waals surface area contributed by atoms with Gasteiger partial charge >= 0.3 is 11.9 Å². The number of methoxy groups -OCH3 is 4. The van der Waals surface area contributed by atoms with Crippen molar-refractivity contribution >= 4 is 11.9 Å². The molecule has 0 aliphatic heterocycles. The minimum absolute atomic E-state index is 0.182. The van der Waals surface area contributed by atoms with Gasteiger partial charge in [-0.1, -0.05) is 0 Å². The van der Waals surface area contributed by atoms with Crippen LogP contribution in [0.15, 0.2) is 18.2 Å². The number of nitrogens with zero attached hydrogens (tertiary/aromatic N) is 1. The van der Waals surface area contributed by atoms with E-state index in [1.807, 2.05) is 0 Å². The van der Waals surface area contributed by atoms with Gasteiger partial charge in [0.05, 0.1) is 51.0 Å². The van der Waals surface area contributed by atoms with E-state index in [0.717, 1.165) is 0 Å². The number of carbonyl (C=O) groups excluding carboxylic acids is 2. The summed E-state index contributed by atoms with van der Waals surface area (Å²) in [5.41, 5.74) is 2.13. The van der Waals surface area contributed by atoms with E-state index in [-0.39, 0.29) is 11.1 Å². The third kappa shape index (κ3) is 3.33. The van der Waals surface area contributed by atoms with Gasteiger partial charge in [-0.15, -0.1) is 0 Å². The van der Waals surface area contributed by atoms with Crippen molar-refractivity contribution in [2.75, 3.05) is 28.4 Å². The topological polar surface area (TPSA) is 84.0 Å². The Morgan fingerprint density at radius 3 is 1.81 bits per heavy atom. The molecule has 0 unspecified atom stereocenters. The van der Waals surface area contributed by atoms with Crippen LogP contribution in [-0.4, -0.2) is 45.4 Å². The van der Waals surface area contributed by atoms with Crippen LogP contribution in [0, 0.1) is 13.8 Å². The van der Waals surface area contributed by atoms with Crippen LogP contribution in [0.3, 0.4) is 0 Å². The normalized spacial score (nSPS) is 10.2. The second kappa shape index (κ2) is 7.86. The van der Waals surface area contributed by atoms with Crippen LogP contribution < -0.4 is 9.47 Å². The van der Waals surface area contributed by atoms with Crippen LogP contribution in [0.25, 0.3) is 11.1 Å². The van der Waals surface area contributed by atoms with Crippen molar-refractivity contribution in [2.45, 2.75) is 13.8 Å². The molecule has 1 heterocycles. The lowest BCUT2D eigenvalue weighted by atomic mass is 9.91. The van der Waals surface area contributed by atoms with E-state index in [4.69, 9.17) is 18.9 Å². The summed E-state index contributed by atoms with van der Waals surface area (Å²) in [6.45, 7) is 3.36. The van der Waals surface area contributed by atoms with Crippen LogP contribution in [0.1, 0.15) is 32.1 Å². The largest absolute Gasteiger partial charge is 0.497 e. The zero-order valence-corrected chi connectivity index (χ0v) is 15.6. The molecule has 0 saturated carbocycles. The lowest BCUT2D eigenvalue weighted by molar-refractivity contribution is 0.0599.